The fraction of sp³-hybridized carbons (Fsp3) is 0.316. The van der Waals surface area contributed by atoms with Crippen molar-refractivity contribution in [3.63, 3.8) is 0 Å². The molecule has 0 atom stereocenters. The van der Waals surface area contributed by atoms with Crippen LogP contribution in [0.2, 0.25) is 0 Å². The fourth-order valence-electron chi connectivity index (χ4n) is 2.45. The lowest BCUT2D eigenvalue weighted by molar-refractivity contribution is -0.116. The van der Waals surface area contributed by atoms with Crippen LogP contribution in [-0.4, -0.2) is 27.3 Å². The number of carbonyl (C=O) groups is 1. The third kappa shape index (κ3) is 4.92. The smallest absolute Gasteiger partial charge is 0.226 e. The average molecular weight is 370 g/mol. The first-order valence-electron chi connectivity index (χ1n) is 8.60. The summed E-state index contributed by atoms with van der Waals surface area (Å²) < 4.78 is 7.32. The molecule has 1 amide bonds. The number of thiazole rings is 1. The quantitative estimate of drug-likeness (QED) is 0.653. The van der Waals surface area contributed by atoms with Gasteiger partial charge in [-0.25, -0.2) is 4.98 Å². The molecule has 1 aromatic carbocycles. The lowest BCUT2D eigenvalue weighted by Crippen LogP contribution is -2.12. The fourth-order valence-corrected chi connectivity index (χ4v) is 3.18. The SMILES string of the molecule is CCCOc1ccc(-c2csc(NC(=O)CCc3cnn(C)c3)n2)cc1. The van der Waals surface area contributed by atoms with Crippen molar-refractivity contribution in [2.75, 3.05) is 11.9 Å². The molecule has 3 rings (SSSR count). The van der Waals surface area contributed by atoms with Gasteiger partial charge in [0.2, 0.25) is 5.91 Å². The number of aryl methyl sites for hydroxylation is 2. The Balaban J connectivity index is 1.54. The molecule has 6 nitrogen and oxygen atoms in total. The maximum Gasteiger partial charge on any atom is 0.226 e. The molecule has 26 heavy (non-hydrogen) atoms. The average Bonchev–Trinajstić information content (AvgIpc) is 3.27. The summed E-state index contributed by atoms with van der Waals surface area (Å²) in [6.45, 7) is 2.79. The summed E-state index contributed by atoms with van der Waals surface area (Å²) in [6.07, 6.45) is 5.75. The van der Waals surface area contributed by atoms with Gasteiger partial charge in [-0.2, -0.15) is 5.10 Å². The van der Waals surface area contributed by atoms with E-state index in [2.05, 4.69) is 22.3 Å². The highest BCUT2D eigenvalue weighted by Crippen LogP contribution is 2.26. The maximum atomic E-state index is 12.1. The first kappa shape index (κ1) is 18.1. The minimum absolute atomic E-state index is 0.0435. The lowest BCUT2D eigenvalue weighted by Gasteiger charge is -2.04. The summed E-state index contributed by atoms with van der Waals surface area (Å²) in [6, 6.07) is 7.84. The van der Waals surface area contributed by atoms with Gasteiger partial charge >= 0.3 is 0 Å². The molecule has 0 radical (unpaired) electrons. The van der Waals surface area contributed by atoms with E-state index in [0.29, 0.717) is 24.6 Å². The molecule has 0 aliphatic carbocycles. The van der Waals surface area contributed by atoms with E-state index in [0.717, 1.165) is 29.0 Å². The Morgan fingerprint density at radius 1 is 1.31 bits per heavy atom. The Morgan fingerprint density at radius 3 is 2.81 bits per heavy atom. The molecular formula is C19H22N4O2S. The summed E-state index contributed by atoms with van der Waals surface area (Å²) in [5, 5.41) is 9.53. The molecule has 7 heteroatoms. The number of aromatic nitrogens is 3. The minimum atomic E-state index is -0.0435. The zero-order chi connectivity index (χ0) is 18.4. The highest BCUT2D eigenvalue weighted by Gasteiger charge is 2.09. The van der Waals surface area contributed by atoms with Crippen LogP contribution in [0.4, 0.5) is 5.13 Å². The van der Waals surface area contributed by atoms with Gasteiger partial charge in [-0.15, -0.1) is 11.3 Å². The van der Waals surface area contributed by atoms with Gasteiger partial charge in [-0.05, 0) is 42.7 Å². The van der Waals surface area contributed by atoms with E-state index in [9.17, 15) is 4.79 Å². The largest absolute Gasteiger partial charge is 0.494 e. The van der Waals surface area contributed by atoms with Crippen molar-refractivity contribution >= 4 is 22.4 Å². The van der Waals surface area contributed by atoms with Crippen LogP contribution in [0, 0.1) is 0 Å². The third-order valence-corrected chi connectivity index (χ3v) is 4.53. The van der Waals surface area contributed by atoms with Gasteiger partial charge in [0.25, 0.3) is 0 Å². The Labute approximate surface area is 156 Å². The zero-order valence-corrected chi connectivity index (χ0v) is 15.8. The second-order valence-corrected chi connectivity index (χ2v) is 6.84. The lowest BCUT2D eigenvalue weighted by atomic mass is 10.2. The van der Waals surface area contributed by atoms with Crippen LogP contribution in [0.15, 0.2) is 42.0 Å². The van der Waals surface area contributed by atoms with Crippen LogP contribution in [-0.2, 0) is 18.3 Å². The third-order valence-electron chi connectivity index (χ3n) is 3.77. The zero-order valence-electron chi connectivity index (χ0n) is 14.9. The van der Waals surface area contributed by atoms with Gasteiger partial charge in [0.1, 0.15) is 5.75 Å². The van der Waals surface area contributed by atoms with Crippen molar-refractivity contribution in [1.82, 2.24) is 14.8 Å². The first-order valence-corrected chi connectivity index (χ1v) is 9.48. The predicted octanol–water partition coefficient (Wildman–Crippen LogP) is 3.90. The topological polar surface area (TPSA) is 69.0 Å². The molecule has 2 aromatic heterocycles. The van der Waals surface area contributed by atoms with E-state index in [-0.39, 0.29) is 5.91 Å². The molecular weight excluding hydrogens is 348 g/mol. The van der Waals surface area contributed by atoms with Gasteiger partial charge in [0.15, 0.2) is 5.13 Å². The molecule has 0 bridgehead atoms. The van der Waals surface area contributed by atoms with E-state index in [4.69, 9.17) is 4.74 Å². The highest BCUT2D eigenvalue weighted by molar-refractivity contribution is 7.14. The van der Waals surface area contributed by atoms with Gasteiger partial charge in [-0.1, -0.05) is 6.92 Å². The molecule has 0 spiro atoms. The Bertz CT molecular complexity index is 855. The van der Waals surface area contributed by atoms with Crippen molar-refractivity contribution in [1.29, 1.82) is 0 Å². The number of anilines is 1. The molecule has 0 aliphatic heterocycles. The summed E-state index contributed by atoms with van der Waals surface area (Å²) in [5.41, 5.74) is 2.90. The van der Waals surface area contributed by atoms with E-state index in [1.165, 1.54) is 11.3 Å². The van der Waals surface area contributed by atoms with Crippen LogP contribution in [0.5, 0.6) is 5.75 Å². The van der Waals surface area contributed by atoms with E-state index >= 15 is 0 Å². The van der Waals surface area contributed by atoms with Gasteiger partial charge < -0.3 is 10.1 Å². The van der Waals surface area contributed by atoms with Crippen molar-refractivity contribution in [3.05, 3.63) is 47.6 Å². The van der Waals surface area contributed by atoms with Crippen LogP contribution in [0.1, 0.15) is 25.3 Å². The Hall–Kier alpha value is -2.67. The summed E-state index contributed by atoms with van der Waals surface area (Å²) >= 11 is 1.43. The molecule has 136 valence electrons. The minimum Gasteiger partial charge on any atom is -0.494 e. The number of nitrogens with zero attached hydrogens (tertiary/aromatic N) is 3. The number of rotatable bonds is 8. The second-order valence-electron chi connectivity index (χ2n) is 5.98. The first-order chi connectivity index (χ1) is 12.6. The monoisotopic (exact) mass is 370 g/mol. The van der Waals surface area contributed by atoms with Crippen LogP contribution in [0.25, 0.3) is 11.3 Å². The molecule has 1 N–H and O–H groups in total. The second kappa shape index (κ2) is 8.62. The summed E-state index contributed by atoms with van der Waals surface area (Å²) in [5.74, 6) is 0.813. The molecule has 0 unspecified atom stereocenters. The van der Waals surface area contributed by atoms with Gasteiger partial charge in [-0.3, -0.25) is 9.48 Å². The van der Waals surface area contributed by atoms with Crippen molar-refractivity contribution in [2.45, 2.75) is 26.2 Å². The normalized spacial score (nSPS) is 10.7. The van der Waals surface area contributed by atoms with E-state index < -0.39 is 0 Å². The molecule has 0 aliphatic rings. The number of benzene rings is 1. The van der Waals surface area contributed by atoms with Crippen LogP contribution >= 0.6 is 11.3 Å². The molecule has 0 fully saturated rings. The standard InChI is InChI=1S/C19H22N4O2S/c1-3-10-25-16-7-5-15(6-8-16)17-13-26-19(21-17)22-18(24)9-4-14-11-20-23(2)12-14/h5-8,11-13H,3-4,9-10H2,1-2H3,(H,21,22,24). The van der Waals surface area contributed by atoms with Crippen molar-refractivity contribution in [2.24, 2.45) is 7.05 Å². The van der Waals surface area contributed by atoms with E-state index in [1.807, 2.05) is 42.9 Å². The predicted molar refractivity (Wildman–Crippen MR) is 103 cm³/mol. The molecule has 2 heterocycles. The summed E-state index contributed by atoms with van der Waals surface area (Å²) in [7, 11) is 1.86. The summed E-state index contributed by atoms with van der Waals surface area (Å²) in [4.78, 5) is 16.6. The maximum absolute atomic E-state index is 12.1. The number of hydrogen-bond acceptors (Lipinski definition) is 5. The molecule has 0 saturated heterocycles. The van der Waals surface area contributed by atoms with Crippen molar-refractivity contribution < 1.29 is 9.53 Å². The van der Waals surface area contributed by atoms with Crippen molar-refractivity contribution in [3.8, 4) is 17.0 Å². The number of hydrogen-bond donors (Lipinski definition) is 1. The number of amides is 1. The molecule has 0 saturated carbocycles. The highest BCUT2D eigenvalue weighted by atomic mass is 32.1. The Morgan fingerprint density at radius 2 is 2.12 bits per heavy atom. The molecule has 3 aromatic rings. The number of ether oxygens (including phenoxy) is 1. The van der Waals surface area contributed by atoms with Crippen LogP contribution in [0.3, 0.4) is 0 Å². The number of nitrogens with one attached hydrogen (secondary N) is 1. The van der Waals surface area contributed by atoms with E-state index in [1.54, 1.807) is 10.9 Å². The number of carbonyl (C=O) groups excluding carboxylic acids is 1. The van der Waals surface area contributed by atoms with Gasteiger partial charge in [0.05, 0.1) is 18.5 Å². The van der Waals surface area contributed by atoms with Gasteiger partial charge in [0, 0.05) is 30.6 Å². The Kier molecular flexibility index (Phi) is 6.01. The van der Waals surface area contributed by atoms with Crippen LogP contribution < -0.4 is 10.1 Å².